The van der Waals surface area contributed by atoms with E-state index in [1.807, 2.05) is 6.07 Å². The Morgan fingerprint density at radius 3 is 2.88 bits per heavy atom. The molecule has 0 spiro atoms. The van der Waals surface area contributed by atoms with Gasteiger partial charge in [0.05, 0.1) is 23.7 Å². The smallest absolute Gasteiger partial charge is 0.155 e. The minimum Gasteiger partial charge on any atom is -0.484 e. The molecule has 0 aliphatic heterocycles. The molecule has 0 N–H and O–H groups in total. The number of nitrogens with zero attached hydrogens (tertiary/aromatic N) is 3. The number of ether oxygens (including phenoxy) is 1. The zero-order valence-corrected chi connectivity index (χ0v) is 8.80. The summed E-state index contributed by atoms with van der Waals surface area (Å²) in [5, 5.41) is 8.83. The van der Waals surface area contributed by atoms with Gasteiger partial charge in [0, 0.05) is 6.20 Å². The molecule has 4 nitrogen and oxygen atoms in total. The van der Waals surface area contributed by atoms with Crippen molar-refractivity contribution in [3.05, 3.63) is 53.9 Å². The molecule has 0 fully saturated rings. The van der Waals surface area contributed by atoms with Crippen molar-refractivity contribution in [1.29, 1.82) is 5.26 Å². The monoisotopic (exact) mass is 229 g/mol. The summed E-state index contributed by atoms with van der Waals surface area (Å²) in [4.78, 5) is 7.71. The molecular formula is C12H8FN3O. The van der Waals surface area contributed by atoms with Gasteiger partial charge in [0.25, 0.3) is 0 Å². The van der Waals surface area contributed by atoms with E-state index in [1.54, 1.807) is 6.07 Å². The fourth-order valence-corrected chi connectivity index (χ4v) is 1.23. The molecule has 0 atom stereocenters. The third kappa shape index (κ3) is 2.75. The summed E-state index contributed by atoms with van der Waals surface area (Å²) in [6.07, 6.45) is 4.09. The summed E-state index contributed by atoms with van der Waals surface area (Å²) in [6, 6.07) is 6.39. The highest BCUT2D eigenvalue weighted by Crippen LogP contribution is 2.16. The molecular weight excluding hydrogens is 221 g/mol. The van der Waals surface area contributed by atoms with Gasteiger partial charge in [-0.15, -0.1) is 0 Å². The van der Waals surface area contributed by atoms with Crippen LogP contribution >= 0.6 is 0 Å². The maximum Gasteiger partial charge on any atom is 0.155 e. The van der Waals surface area contributed by atoms with Gasteiger partial charge < -0.3 is 4.74 Å². The van der Waals surface area contributed by atoms with Gasteiger partial charge in [-0.1, -0.05) is 0 Å². The first-order valence-corrected chi connectivity index (χ1v) is 4.87. The molecule has 0 saturated heterocycles. The van der Waals surface area contributed by atoms with E-state index in [9.17, 15) is 4.39 Å². The quantitative estimate of drug-likeness (QED) is 0.808. The van der Waals surface area contributed by atoms with Crippen LogP contribution in [0.4, 0.5) is 4.39 Å². The van der Waals surface area contributed by atoms with Crippen molar-refractivity contribution in [3.8, 4) is 11.8 Å². The molecule has 0 aromatic carbocycles. The van der Waals surface area contributed by atoms with Crippen molar-refractivity contribution in [2.45, 2.75) is 6.61 Å². The zero-order valence-electron chi connectivity index (χ0n) is 8.80. The Hall–Kier alpha value is -2.48. The lowest BCUT2D eigenvalue weighted by atomic mass is 10.3. The Morgan fingerprint density at radius 1 is 1.29 bits per heavy atom. The molecule has 17 heavy (non-hydrogen) atoms. The van der Waals surface area contributed by atoms with Gasteiger partial charge >= 0.3 is 0 Å². The predicted molar refractivity (Wildman–Crippen MR) is 57.5 cm³/mol. The lowest BCUT2D eigenvalue weighted by molar-refractivity contribution is 0.299. The van der Waals surface area contributed by atoms with Gasteiger partial charge in [-0.3, -0.25) is 9.97 Å². The van der Waals surface area contributed by atoms with Gasteiger partial charge in [-0.2, -0.15) is 5.26 Å². The molecule has 2 rings (SSSR count). The van der Waals surface area contributed by atoms with Crippen LogP contribution in [0.2, 0.25) is 0 Å². The minimum atomic E-state index is -0.396. The van der Waals surface area contributed by atoms with Crippen LogP contribution in [0, 0.1) is 17.1 Å². The summed E-state index contributed by atoms with van der Waals surface area (Å²) in [5.41, 5.74) is 0.987. The topological polar surface area (TPSA) is 58.8 Å². The first kappa shape index (κ1) is 11.0. The second-order valence-corrected chi connectivity index (χ2v) is 3.24. The Morgan fingerprint density at radius 2 is 2.18 bits per heavy atom. The summed E-state index contributed by atoms with van der Waals surface area (Å²) in [7, 11) is 0. The number of halogens is 1. The zero-order chi connectivity index (χ0) is 12.1. The van der Waals surface area contributed by atoms with E-state index in [0.29, 0.717) is 17.0 Å². The third-order valence-corrected chi connectivity index (χ3v) is 2.07. The standard InChI is InChI=1S/C12H8FN3O/c13-10-1-2-11(16-6-10)8-17-12-7-15-4-3-9(12)5-14/h1-4,6-7H,8H2. The Bertz CT molecular complexity index is 548. The fourth-order valence-electron chi connectivity index (χ4n) is 1.23. The average Bonchev–Trinajstić information content (AvgIpc) is 2.38. The van der Waals surface area contributed by atoms with Gasteiger partial charge in [-0.25, -0.2) is 4.39 Å². The molecule has 0 radical (unpaired) electrons. The van der Waals surface area contributed by atoms with E-state index in [2.05, 4.69) is 9.97 Å². The SMILES string of the molecule is N#Cc1ccncc1OCc1ccc(F)cn1. The molecule has 0 saturated carbocycles. The highest BCUT2D eigenvalue weighted by atomic mass is 19.1. The molecule has 84 valence electrons. The number of nitriles is 1. The summed E-state index contributed by atoms with van der Waals surface area (Å²) in [5.74, 6) is -0.00559. The molecule has 2 aromatic rings. The van der Waals surface area contributed by atoms with Crippen molar-refractivity contribution >= 4 is 0 Å². The average molecular weight is 229 g/mol. The Balaban J connectivity index is 2.08. The fraction of sp³-hybridized carbons (Fsp3) is 0.0833. The van der Waals surface area contributed by atoms with E-state index in [1.165, 1.54) is 24.5 Å². The largest absolute Gasteiger partial charge is 0.484 e. The van der Waals surface area contributed by atoms with Crippen molar-refractivity contribution in [2.24, 2.45) is 0 Å². The van der Waals surface area contributed by atoms with Gasteiger partial charge in [-0.05, 0) is 18.2 Å². The van der Waals surface area contributed by atoms with E-state index in [-0.39, 0.29) is 6.61 Å². The number of hydrogen-bond donors (Lipinski definition) is 0. The predicted octanol–water partition coefficient (Wildman–Crippen LogP) is 2.07. The van der Waals surface area contributed by atoms with Crippen molar-refractivity contribution in [3.63, 3.8) is 0 Å². The maximum absolute atomic E-state index is 12.6. The van der Waals surface area contributed by atoms with E-state index in [0.717, 1.165) is 6.20 Å². The van der Waals surface area contributed by atoms with E-state index >= 15 is 0 Å². The Kier molecular flexibility index (Phi) is 3.26. The van der Waals surface area contributed by atoms with Crippen LogP contribution < -0.4 is 4.74 Å². The van der Waals surface area contributed by atoms with Crippen LogP contribution in [0.3, 0.4) is 0 Å². The second-order valence-electron chi connectivity index (χ2n) is 3.24. The van der Waals surface area contributed by atoms with Crippen LogP contribution in [-0.2, 0) is 6.61 Å². The molecule has 2 aromatic heterocycles. The lowest BCUT2D eigenvalue weighted by Gasteiger charge is -2.06. The summed E-state index contributed by atoms with van der Waals surface area (Å²) in [6.45, 7) is 0.167. The van der Waals surface area contributed by atoms with Crippen LogP contribution in [0.25, 0.3) is 0 Å². The Labute approximate surface area is 97.3 Å². The first-order valence-electron chi connectivity index (χ1n) is 4.87. The molecule has 5 heteroatoms. The van der Waals surface area contributed by atoms with Gasteiger partial charge in [0.1, 0.15) is 18.5 Å². The molecule has 0 aliphatic rings. The maximum atomic E-state index is 12.6. The lowest BCUT2D eigenvalue weighted by Crippen LogP contribution is -2.00. The number of aromatic nitrogens is 2. The molecule has 2 heterocycles. The molecule has 0 aliphatic carbocycles. The molecule has 0 unspecified atom stereocenters. The normalized spacial score (nSPS) is 9.65. The molecule has 0 amide bonds. The van der Waals surface area contributed by atoms with Gasteiger partial charge in [0.15, 0.2) is 5.75 Å². The van der Waals surface area contributed by atoms with Crippen molar-refractivity contribution in [2.75, 3.05) is 0 Å². The summed E-state index contributed by atoms with van der Waals surface area (Å²) >= 11 is 0. The van der Waals surface area contributed by atoms with E-state index in [4.69, 9.17) is 10.00 Å². The van der Waals surface area contributed by atoms with Crippen LogP contribution in [0.1, 0.15) is 11.3 Å². The highest BCUT2D eigenvalue weighted by molar-refractivity contribution is 5.40. The highest BCUT2D eigenvalue weighted by Gasteiger charge is 2.03. The van der Waals surface area contributed by atoms with Crippen molar-refractivity contribution in [1.82, 2.24) is 9.97 Å². The minimum absolute atomic E-state index is 0.167. The van der Waals surface area contributed by atoms with E-state index < -0.39 is 5.82 Å². The number of rotatable bonds is 3. The van der Waals surface area contributed by atoms with Crippen LogP contribution in [0.15, 0.2) is 36.8 Å². The van der Waals surface area contributed by atoms with Crippen LogP contribution in [0.5, 0.6) is 5.75 Å². The number of hydrogen-bond acceptors (Lipinski definition) is 4. The van der Waals surface area contributed by atoms with Crippen molar-refractivity contribution < 1.29 is 9.13 Å². The first-order chi connectivity index (χ1) is 8.29. The van der Waals surface area contributed by atoms with Gasteiger partial charge in [0.2, 0.25) is 0 Å². The third-order valence-electron chi connectivity index (χ3n) is 2.07. The summed E-state index contributed by atoms with van der Waals surface area (Å²) < 4.78 is 18.0. The second kappa shape index (κ2) is 5.03. The molecule has 0 bridgehead atoms. The van der Waals surface area contributed by atoms with Crippen LogP contribution in [-0.4, -0.2) is 9.97 Å². The number of pyridine rings is 2.